The molecule has 20 heavy (non-hydrogen) atoms. The maximum Gasteiger partial charge on any atom is 0.103 e. The first-order valence-electron chi connectivity index (χ1n) is 6.59. The molecule has 2 rings (SSSR count). The van der Waals surface area contributed by atoms with Crippen LogP contribution in [0.4, 0.5) is 0 Å². The molecule has 2 aromatic rings. The van der Waals surface area contributed by atoms with Crippen LogP contribution in [-0.4, -0.2) is 19.9 Å². The molecule has 0 radical (unpaired) electrons. The zero-order valence-corrected chi connectivity index (χ0v) is 13.0. The van der Waals surface area contributed by atoms with Crippen molar-refractivity contribution in [2.24, 2.45) is 0 Å². The summed E-state index contributed by atoms with van der Waals surface area (Å²) in [6, 6.07) is 3.60. The number of hydrogen-bond donors (Lipinski definition) is 1. The largest absolute Gasteiger partial charge is 0.386 e. The van der Waals surface area contributed by atoms with Crippen LogP contribution in [-0.2, 0) is 19.4 Å². The average Bonchev–Trinajstić information content (AvgIpc) is 2.80. The summed E-state index contributed by atoms with van der Waals surface area (Å²) in [5, 5.41) is 15.6. The van der Waals surface area contributed by atoms with E-state index in [4.69, 9.17) is 23.2 Å². The van der Waals surface area contributed by atoms with Gasteiger partial charge in [0.25, 0.3) is 0 Å². The van der Waals surface area contributed by atoms with Gasteiger partial charge in [-0.3, -0.25) is 9.67 Å². The molecule has 6 heteroatoms. The summed E-state index contributed by atoms with van der Waals surface area (Å²) < 4.78 is 1.89. The van der Waals surface area contributed by atoms with E-state index in [9.17, 15) is 5.11 Å². The molecule has 108 valence electrons. The summed E-state index contributed by atoms with van der Waals surface area (Å²) in [6.07, 6.45) is 2.01. The van der Waals surface area contributed by atoms with Crippen molar-refractivity contribution >= 4 is 23.2 Å². The van der Waals surface area contributed by atoms with Crippen molar-refractivity contribution < 1.29 is 5.11 Å². The standard InChI is InChI=1S/C14H17Cl2N3O/c1-3-10-6-11(19(4-2)18-10)7-13(20)14-12(16)5-9(15)8-17-14/h5-6,8,13,20H,3-4,7H2,1-2H3. The van der Waals surface area contributed by atoms with Gasteiger partial charge in [-0.2, -0.15) is 5.10 Å². The Hall–Kier alpha value is -1.10. The van der Waals surface area contributed by atoms with E-state index >= 15 is 0 Å². The lowest BCUT2D eigenvalue weighted by atomic mass is 10.1. The van der Waals surface area contributed by atoms with Gasteiger partial charge in [-0.15, -0.1) is 0 Å². The van der Waals surface area contributed by atoms with Crippen molar-refractivity contribution in [1.29, 1.82) is 0 Å². The van der Waals surface area contributed by atoms with Crippen molar-refractivity contribution in [3.63, 3.8) is 0 Å². The van der Waals surface area contributed by atoms with Gasteiger partial charge >= 0.3 is 0 Å². The van der Waals surface area contributed by atoms with Crippen LogP contribution < -0.4 is 0 Å². The molecule has 0 amide bonds. The fourth-order valence-corrected chi connectivity index (χ4v) is 2.60. The Morgan fingerprint density at radius 2 is 2.05 bits per heavy atom. The van der Waals surface area contributed by atoms with Gasteiger partial charge in [0, 0.05) is 24.9 Å². The number of rotatable bonds is 5. The number of aliphatic hydroxyl groups is 1. The number of aliphatic hydroxyl groups excluding tert-OH is 1. The van der Waals surface area contributed by atoms with Crippen LogP contribution in [0.1, 0.15) is 37.0 Å². The first-order chi connectivity index (χ1) is 9.55. The fourth-order valence-electron chi connectivity index (χ4n) is 2.09. The maximum absolute atomic E-state index is 10.3. The zero-order valence-electron chi connectivity index (χ0n) is 11.5. The molecule has 0 aliphatic rings. The Labute approximate surface area is 128 Å². The summed E-state index contributed by atoms with van der Waals surface area (Å²) in [7, 11) is 0. The van der Waals surface area contributed by atoms with E-state index in [1.807, 2.05) is 17.7 Å². The maximum atomic E-state index is 10.3. The van der Waals surface area contributed by atoms with Crippen molar-refractivity contribution in [2.75, 3.05) is 0 Å². The molecule has 0 spiro atoms. The second-order valence-electron chi connectivity index (χ2n) is 4.54. The first kappa shape index (κ1) is 15.3. The third kappa shape index (κ3) is 3.32. The van der Waals surface area contributed by atoms with Crippen molar-refractivity contribution in [3.8, 4) is 0 Å². The lowest BCUT2D eigenvalue weighted by Gasteiger charge is -2.12. The van der Waals surface area contributed by atoms with E-state index in [0.29, 0.717) is 22.2 Å². The number of pyridine rings is 1. The lowest BCUT2D eigenvalue weighted by molar-refractivity contribution is 0.171. The van der Waals surface area contributed by atoms with Gasteiger partial charge in [-0.25, -0.2) is 0 Å². The van der Waals surface area contributed by atoms with Crippen LogP contribution in [0.3, 0.4) is 0 Å². The molecular weight excluding hydrogens is 297 g/mol. The summed E-state index contributed by atoms with van der Waals surface area (Å²) in [5.41, 5.74) is 2.44. The highest BCUT2D eigenvalue weighted by molar-refractivity contribution is 6.34. The number of nitrogens with zero attached hydrogens (tertiary/aromatic N) is 3. The minimum absolute atomic E-state index is 0.378. The predicted octanol–water partition coefficient (Wildman–Crippen LogP) is 3.44. The normalized spacial score (nSPS) is 12.7. The second kappa shape index (κ2) is 6.57. The van der Waals surface area contributed by atoms with Crippen molar-refractivity contribution in [3.05, 3.63) is 45.5 Å². The van der Waals surface area contributed by atoms with Crippen molar-refractivity contribution in [1.82, 2.24) is 14.8 Å². The van der Waals surface area contributed by atoms with E-state index in [2.05, 4.69) is 17.0 Å². The van der Waals surface area contributed by atoms with Crippen LogP contribution >= 0.6 is 23.2 Å². The fraction of sp³-hybridized carbons (Fsp3) is 0.429. The molecule has 0 aliphatic carbocycles. The van der Waals surface area contributed by atoms with Crippen LogP contribution in [0.25, 0.3) is 0 Å². The molecule has 0 saturated carbocycles. The molecule has 0 aliphatic heterocycles. The van der Waals surface area contributed by atoms with E-state index in [-0.39, 0.29) is 0 Å². The van der Waals surface area contributed by atoms with Gasteiger partial charge in [-0.1, -0.05) is 30.1 Å². The minimum Gasteiger partial charge on any atom is -0.386 e. The molecule has 0 bridgehead atoms. The molecule has 1 unspecified atom stereocenters. The summed E-state index contributed by atoms with van der Waals surface area (Å²) >= 11 is 11.9. The third-order valence-electron chi connectivity index (χ3n) is 3.13. The average molecular weight is 314 g/mol. The highest BCUT2D eigenvalue weighted by Gasteiger charge is 2.17. The SMILES string of the molecule is CCc1cc(CC(O)c2ncc(Cl)cc2Cl)n(CC)n1. The number of hydrogen-bond acceptors (Lipinski definition) is 3. The molecular formula is C14H17Cl2N3O. The topological polar surface area (TPSA) is 50.9 Å². The van der Waals surface area contributed by atoms with E-state index < -0.39 is 6.10 Å². The van der Waals surface area contributed by atoms with Gasteiger partial charge in [0.05, 0.1) is 21.4 Å². The number of aryl methyl sites for hydroxylation is 2. The molecule has 4 nitrogen and oxygen atoms in total. The van der Waals surface area contributed by atoms with Crippen LogP contribution in [0.2, 0.25) is 10.0 Å². The van der Waals surface area contributed by atoms with Gasteiger partial charge < -0.3 is 5.11 Å². The molecule has 2 heterocycles. The minimum atomic E-state index is -0.772. The Morgan fingerprint density at radius 1 is 1.30 bits per heavy atom. The quantitative estimate of drug-likeness (QED) is 0.920. The Balaban J connectivity index is 2.22. The molecule has 0 aromatic carbocycles. The Kier molecular flexibility index (Phi) is 5.02. The first-order valence-corrected chi connectivity index (χ1v) is 7.35. The molecule has 0 saturated heterocycles. The van der Waals surface area contributed by atoms with E-state index in [0.717, 1.165) is 24.4 Å². The van der Waals surface area contributed by atoms with Crippen molar-refractivity contribution in [2.45, 2.75) is 39.3 Å². The van der Waals surface area contributed by atoms with Crippen LogP contribution in [0, 0.1) is 0 Å². The predicted molar refractivity (Wildman–Crippen MR) is 80.2 cm³/mol. The van der Waals surface area contributed by atoms with Gasteiger partial charge in [-0.05, 0) is 25.5 Å². The smallest absolute Gasteiger partial charge is 0.103 e. The number of aromatic nitrogens is 3. The van der Waals surface area contributed by atoms with Crippen LogP contribution in [0.5, 0.6) is 0 Å². The van der Waals surface area contributed by atoms with Gasteiger partial charge in [0.15, 0.2) is 0 Å². The summed E-state index contributed by atoms with van der Waals surface area (Å²) in [4.78, 5) is 4.11. The van der Waals surface area contributed by atoms with Gasteiger partial charge in [0.2, 0.25) is 0 Å². The van der Waals surface area contributed by atoms with Crippen LogP contribution in [0.15, 0.2) is 18.3 Å². The van der Waals surface area contributed by atoms with E-state index in [1.165, 1.54) is 6.20 Å². The molecule has 2 aromatic heterocycles. The third-order valence-corrected chi connectivity index (χ3v) is 3.64. The highest BCUT2D eigenvalue weighted by atomic mass is 35.5. The zero-order chi connectivity index (χ0) is 14.7. The number of halogens is 2. The Bertz CT molecular complexity index is 598. The Morgan fingerprint density at radius 3 is 2.65 bits per heavy atom. The highest BCUT2D eigenvalue weighted by Crippen LogP contribution is 2.26. The molecule has 1 atom stereocenters. The lowest BCUT2D eigenvalue weighted by Crippen LogP contribution is -2.10. The summed E-state index contributed by atoms with van der Waals surface area (Å²) in [6.45, 7) is 4.85. The molecule has 0 fully saturated rings. The molecule has 1 N–H and O–H groups in total. The summed E-state index contributed by atoms with van der Waals surface area (Å²) in [5.74, 6) is 0. The van der Waals surface area contributed by atoms with Gasteiger partial charge in [0.1, 0.15) is 6.10 Å². The second-order valence-corrected chi connectivity index (χ2v) is 5.38. The van der Waals surface area contributed by atoms with E-state index in [1.54, 1.807) is 6.07 Å². The monoisotopic (exact) mass is 313 g/mol.